The van der Waals surface area contributed by atoms with E-state index in [1.165, 1.54) is 0 Å². The molecule has 1 rings (SSSR count). The van der Waals surface area contributed by atoms with Gasteiger partial charge >= 0.3 is 0 Å². The molecule has 4 heteroatoms. The Bertz CT molecular complexity index is 218. The van der Waals surface area contributed by atoms with Gasteiger partial charge in [0.05, 0.1) is 23.2 Å². The minimum absolute atomic E-state index is 0.0730. The highest BCUT2D eigenvalue weighted by Crippen LogP contribution is 2.19. The number of nitrogens with zero attached hydrogens (tertiary/aromatic N) is 1. The third kappa shape index (κ3) is 2.90. The van der Waals surface area contributed by atoms with E-state index >= 15 is 0 Å². The molecule has 0 amide bonds. The van der Waals surface area contributed by atoms with Crippen molar-refractivity contribution in [1.29, 1.82) is 0 Å². The Hall–Kier alpha value is -0.190. The average molecular weight is 216 g/mol. The van der Waals surface area contributed by atoms with Gasteiger partial charge in [-0.05, 0) is 20.3 Å². The van der Waals surface area contributed by atoms with Crippen molar-refractivity contribution in [1.82, 2.24) is 4.90 Å². The van der Waals surface area contributed by atoms with E-state index in [-0.39, 0.29) is 11.6 Å². The molecule has 2 N–H and O–H groups in total. The summed E-state index contributed by atoms with van der Waals surface area (Å²) in [6.07, 6.45) is 0.978. The second kappa shape index (κ2) is 4.55. The molecule has 14 heavy (non-hydrogen) atoms. The molecule has 1 heterocycles. The van der Waals surface area contributed by atoms with Crippen LogP contribution in [0, 0.1) is 0 Å². The Kier molecular flexibility index (Phi) is 3.86. The molecule has 1 fully saturated rings. The van der Waals surface area contributed by atoms with Gasteiger partial charge in [0, 0.05) is 13.1 Å². The summed E-state index contributed by atoms with van der Waals surface area (Å²) >= 11 is 5.07. The van der Waals surface area contributed by atoms with Crippen LogP contribution in [0.5, 0.6) is 0 Å². The first-order valence-electron chi connectivity index (χ1n) is 5.13. The lowest BCUT2D eigenvalue weighted by Gasteiger charge is -2.41. The second-order valence-electron chi connectivity index (χ2n) is 4.41. The summed E-state index contributed by atoms with van der Waals surface area (Å²) in [5.41, 5.74) is 5.64. The van der Waals surface area contributed by atoms with Crippen molar-refractivity contribution in [2.45, 2.75) is 38.8 Å². The maximum atomic E-state index is 5.72. The van der Waals surface area contributed by atoms with Gasteiger partial charge in [-0.2, -0.15) is 0 Å². The van der Waals surface area contributed by atoms with E-state index in [0.717, 1.165) is 26.1 Å². The van der Waals surface area contributed by atoms with Crippen LogP contribution in [-0.4, -0.2) is 41.2 Å². The first-order valence-corrected chi connectivity index (χ1v) is 5.54. The van der Waals surface area contributed by atoms with E-state index in [2.05, 4.69) is 25.7 Å². The molecule has 0 spiro atoms. The van der Waals surface area contributed by atoms with Crippen LogP contribution < -0.4 is 5.73 Å². The van der Waals surface area contributed by atoms with Gasteiger partial charge in [-0.1, -0.05) is 19.1 Å². The molecular weight excluding hydrogens is 196 g/mol. The Morgan fingerprint density at radius 3 is 2.71 bits per heavy atom. The van der Waals surface area contributed by atoms with Gasteiger partial charge < -0.3 is 10.5 Å². The van der Waals surface area contributed by atoms with Gasteiger partial charge in [0.1, 0.15) is 0 Å². The number of morpholine rings is 1. The molecule has 1 atom stereocenters. The van der Waals surface area contributed by atoms with Crippen LogP contribution in [0.4, 0.5) is 0 Å². The molecule has 1 saturated heterocycles. The third-order valence-corrected chi connectivity index (χ3v) is 2.88. The number of nitrogens with two attached hydrogens (primary N) is 1. The monoisotopic (exact) mass is 216 g/mol. The predicted molar refractivity (Wildman–Crippen MR) is 62.5 cm³/mol. The fraction of sp³-hybridized carbons (Fsp3) is 0.900. The second-order valence-corrected chi connectivity index (χ2v) is 4.88. The highest BCUT2D eigenvalue weighted by Gasteiger charge is 2.31. The van der Waals surface area contributed by atoms with E-state index in [1.54, 1.807) is 0 Å². The molecule has 0 saturated carbocycles. The molecule has 0 aromatic heterocycles. The minimum Gasteiger partial charge on any atom is -0.392 e. The SMILES string of the molecule is CCC(C(N)=S)N1CCOC(C)(C)C1. The molecule has 1 unspecified atom stereocenters. The normalized spacial score (nSPS) is 24.5. The molecular formula is C10H20N2OS. The zero-order valence-electron chi connectivity index (χ0n) is 9.25. The van der Waals surface area contributed by atoms with E-state index in [1.807, 2.05) is 0 Å². The summed E-state index contributed by atoms with van der Waals surface area (Å²) in [6.45, 7) is 8.93. The maximum absolute atomic E-state index is 5.72. The van der Waals surface area contributed by atoms with Crippen LogP contribution in [0.2, 0.25) is 0 Å². The smallest absolute Gasteiger partial charge is 0.0901 e. The number of hydrogen-bond donors (Lipinski definition) is 1. The first kappa shape index (κ1) is 11.9. The van der Waals surface area contributed by atoms with Gasteiger partial charge in [0.2, 0.25) is 0 Å². The summed E-state index contributed by atoms with van der Waals surface area (Å²) in [7, 11) is 0. The van der Waals surface area contributed by atoms with Crippen LogP contribution >= 0.6 is 12.2 Å². The van der Waals surface area contributed by atoms with Crippen LogP contribution in [0.15, 0.2) is 0 Å². The Morgan fingerprint density at radius 1 is 1.64 bits per heavy atom. The summed E-state index contributed by atoms with van der Waals surface area (Å²) in [4.78, 5) is 2.93. The van der Waals surface area contributed by atoms with Crippen molar-refractivity contribution < 1.29 is 4.74 Å². The van der Waals surface area contributed by atoms with Gasteiger partial charge in [0.25, 0.3) is 0 Å². The summed E-state index contributed by atoms with van der Waals surface area (Å²) in [6, 6.07) is 0.230. The van der Waals surface area contributed by atoms with E-state index in [9.17, 15) is 0 Å². The summed E-state index contributed by atoms with van der Waals surface area (Å²) in [5, 5.41) is 0. The quantitative estimate of drug-likeness (QED) is 0.719. The minimum atomic E-state index is -0.0730. The molecule has 0 bridgehead atoms. The van der Waals surface area contributed by atoms with Gasteiger partial charge in [0.15, 0.2) is 0 Å². The van der Waals surface area contributed by atoms with Crippen molar-refractivity contribution in [3.63, 3.8) is 0 Å². The number of ether oxygens (including phenoxy) is 1. The molecule has 1 aliphatic rings. The van der Waals surface area contributed by atoms with Crippen LogP contribution in [0.1, 0.15) is 27.2 Å². The van der Waals surface area contributed by atoms with Gasteiger partial charge in [-0.25, -0.2) is 0 Å². The number of hydrogen-bond acceptors (Lipinski definition) is 3. The number of thiocarbonyl (C=S) groups is 1. The van der Waals surface area contributed by atoms with Crippen LogP contribution in [-0.2, 0) is 4.74 Å². The number of rotatable bonds is 3. The van der Waals surface area contributed by atoms with Crippen molar-refractivity contribution in [2.24, 2.45) is 5.73 Å². The first-order chi connectivity index (χ1) is 6.46. The molecule has 0 aromatic carbocycles. The highest BCUT2D eigenvalue weighted by atomic mass is 32.1. The molecule has 0 aliphatic carbocycles. The molecule has 3 nitrogen and oxygen atoms in total. The van der Waals surface area contributed by atoms with Crippen molar-refractivity contribution in [2.75, 3.05) is 19.7 Å². The zero-order chi connectivity index (χ0) is 10.8. The van der Waals surface area contributed by atoms with Crippen molar-refractivity contribution in [3.8, 4) is 0 Å². The van der Waals surface area contributed by atoms with E-state index in [0.29, 0.717) is 4.99 Å². The molecule has 0 radical (unpaired) electrons. The standard InChI is InChI=1S/C10H20N2OS/c1-4-8(9(11)14)12-5-6-13-10(2,3)7-12/h8H,4-7H2,1-3H3,(H2,11,14). The highest BCUT2D eigenvalue weighted by molar-refractivity contribution is 7.80. The molecule has 1 aliphatic heterocycles. The summed E-state index contributed by atoms with van der Waals surface area (Å²) in [5.74, 6) is 0. The lowest BCUT2D eigenvalue weighted by Crippen LogP contribution is -2.55. The largest absolute Gasteiger partial charge is 0.392 e. The fourth-order valence-corrected chi connectivity index (χ4v) is 2.27. The van der Waals surface area contributed by atoms with Gasteiger partial charge in [-0.3, -0.25) is 4.90 Å². The summed E-state index contributed by atoms with van der Waals surface area (Å²) < 4.78 is 5.64. The van der Waals surface area contributed by atoms with Crippen molar-refractivity contribution in [3.05, 3.63) is 0 Å². The lowest BCUT2D eigenvalue weighted by molar-refractivity contribution is -0.0909. The molecule has 0 aromatic rings. The van der Waals surface area contributed by atoms with Crippen LogP contribution in [0.3, 0.4) is 0 Å². The Labute approximate surface area is 91.6 Å². The van der Waals surface area contributed by atoms with Gasteiger partial charge in [-0.15, -0.1) is 0 Å². The van der Waals surface area contributed by atoms with Crippen molar-refractivity contribution >= 4 is 17.2 Å². The van der Waals surface area contributed by atoms with Crippen LogP contribution in [0.25, 0.3) is 0 Å². The lowest BCUT2D eigenvalue weighted by atomic mass is 10.0. The average Bonchev–Trinajstić information content (AvgIpc) is 2.02. The Balaban J connectivity index is 2.62. The Morgan fingerprint density at radius 2 is 2.29 bits per heavy atom. The zero-order valence-corrected chi connectivity index (χ0v) is 10.1. The maximum Gasteiger partial charge on any atom is 0.0901 e. The molecule has 82 valence electrons. The van der Waals surface area contributed by atoms with E-state index in [4.69, 9.17) is 22.7 Å². The topological polar surface area (TPSA) is 38.5 Å². The fourth-order valence-electron chi connectivity index (χ4n) is 1.96. The van der Waals surface area contributed by atoms with E-state index < -0.39 is 0 Å². The third-order valence-electron chi connectivity index (χ3n) is 2.61. The predicted octanol–water partition coefficient (Wildman–Crippen LogP) is 1.16.